The molecule has 4 heteroatoms. The fourth-order valence-electron chi connectivity index (χ4n) is 1.73. The average molecular weight is 215 g/mol. The van der Waals surface area contributed by atoms with Gasteiger partial charge in [0.1, 0.15) is 5.82 Å². The van der Waals surface area contributed by atoms with Crippen LogP contribution in [0.1, 0.15) is 11.4 Å². The smallest absolute Gasteiger partial charge is 0.111 e. The van der Waals surface area contributed by atoms with E-state index in [4.69, 9.17) is 10.00 Å². The molecule has 0 fully saturated rings. The summed E-state index contributed by atoms with van der Waals surface area (Å²) in [4.78, 5) is 4.50. The molecule has 0 amide bonds. The van der Waals surface area contributed by atoms with Crippen LogP contribution in [0.15, 0.2) is 18.2 Å². The second kappa shape index (κ2) is 4.33. The largest absolute Gasteiger partial charge is 0.384 e. The molecule has 0 radical (unpaired) electrons. The second-order valence-corrected chi connectivity index (χ2v) is 3.65. The van der Waals surface area contributed by atoms with Crippen molar-refractivity contribution in [3.63, 3.8) is 0 Å². The lowest BCUT2D eigenvalue weighted by Gasteiger charge is -2.00. The summed E-state index contributed by atoms with van der Waals surface area (Å²) >= 11 is 0. The lowest BCUT2D eigenvalue weighted by Crippen LogP contribution is -2.02. The van der Waals surface area contributed by atoms with Crippen LogP contribution in [-0.4, -0.2) is 23.3 Å². The fraction of sp³-hybridized carbons (Fsp3) is 0.333. The fourth-order valence-corrected chi connectivity index (χ4v) is 1.73. The molecule has 0 aliphatic rings. The van der Waals surface area contributed by atoms with Crippen LogP contribution < -0.4 is 0 Å². The van der Waals surface area contributed by atoms with E-state index in [1.807, 2.05) is 23.7 Å². The number of aryl methyl sites for hydroxylation is 1. The predicted octanol–water partition coefficient (Wildman–Crippen LogP) is 1.63. The molecule has 0 spiro atoms. The molecule has 0 aliphatic carbocycles. The standard InChI is InChI=1S/C12H13N3O/c1-15-11-7-9(8-13)3-4-10(11)14-12(15)5-6-16-2/h3-4,7H,5-6H2,1-2H3. The molecule has 1 heterocycles. The number of imidazole rings is 1. The first-order chi connectivity index (χ1) is 7.76. The summed E-state index contributed by atoms with van der Waals surface area (Å²) in [6, 6.07) is 7.66. The highest BCUT2D eigenvalue weighted by Gasteiger charge is 2.07. The lowest BCUT2D eigenvalue weighted by molar-refractivity contribution is 0.200. The molecule has 0 bridgehead atoms. The van der Waals surface area contributed by atoms with Crippen LogP contribution in [0.4, 0.5) is 0 Å². The molecule has 1 aromatic carbocycles. The molecule has 0 saturated carbocycles. The maximum Gasteiger partial charge on any atom is 0.111 e. The number of rotatable bonds is 3. The highest BCUT2D eigenvalue weighted by atomic mass is 16.5. The van der Waals surface area contributed by atoms with Crippen molar-refractivity contribution in [2.75, 3.05) is 13.7 Å². The van der Waals surface area contributed by atoms with Gasteiger partial charge in [0.2, 0.25) is 0 Å². The van der Waals surface area contributed by atoms with Gasteiger partial charge in [0.05, 0.1) is 29.3 Å². The van der Waals surface area contributed by atoms with Crippen molar-refractivity contribution in [1.29, 1.82) is 5.26 Å². The predicted molar refractivity (Wildman–Crippen MR) is 61.0 cm³/mol. The van der Waals surface area contributed by atoms with E-state index < -0.39 is 0 Å². The minimum Gasteiger partial charge on any atom is -0.384 e. The van der Waals surface area contributed by atoms with E-state index in [-0.39, 0.29) is 0 Å². The molecular formula is C12H13N3O. The van der Waals surface area contributed by atoms with Crippen molar-refractivity contribution in [2.24, 2.45) is 7.05 Å². The molecule has 82 valence electrons. The number of aromatic nitrogens is 2. The van der Waals surface area contributed by atoms with E-state index in [2.05, 4.69) is 11.1 Å². The van der Waals surface area contributed by atoms with Crippen molar-refractivity contribution in [2.45, 2.75) is 6.42 Å². The highest BCUT2D eigenvalue weighted by Crippen LogP contribution is 2.16. The van der Waals surface area contributed by atoms with Gasteiger partial charge in [-0.1, -0.05) is 0 Å². The Bertz CT molecular complexity index is 551. The molecule has 2 rings (SSSR count). The number of nitrogens with zero attached hydrogens (tertiary/aromatic N) is 3. The molecule has 0 N–H and O–H groups in total. The molecule has 4 nitrogen and oxygen atoms in total. The zero-order valence-electron chi connectivity index (χ0n) is 9.40. The molecular weight excluding hydrogens is 202 g/mol. The summed E-state index contributed by atoms with van der Waals surface area (Å²) in [7, 11) is 3.64. The van der Waals surface area contributed by atoms with Gasteiger partial charge in [0.15, 0.2) is 0 Å². The summed E-state index contributed by atoms with van der Waals surface area (Å²) in [5.74, 6) is 0.979. The van der Waals surface area contributed by atoms with Gasteiger partial charge in [-0.2, -0.15) is 5.26 Å². The van der Waals surface area contributed by atoms with Crippen LogP contribution in [0.2, 0.25) is 0 Å². The Morgan fingerprint density at radius 1 is 1.50 bits per heavy atom. The van der Waals surface area contributed by atoms with Crippen LogP contribution in [0, 0.1) is 11.3 Å². The van der Waals surface area contributed by atoms with Crippen LogP contribution in [0.5, 0.6) is 0 Å². The summed E-state index contributed by atoms with van der Waals surface area (Å²) in [5.41, 5.74) is 2.58. The topological polar surface area (TPSA) is 50.8 Å². The van der Waals surface area contributed by atoms with Crippen molar-refractivity contribution < 1.29 is 4.74 Å². The van der Waals surface area contributed by atoms with Gasteiger partial charge in [-0.05, 0) is 18.2 Å². The van der Waals surface area contributed by atoms with Gasteiger partial charge >= 0.3 is 0 Å². The first-order valence-electron chi connectivity index (χ1n) is 5.10. The zero-order chi connectivity index (χ0) is 11.5. The maximum atomic E-state index is 8.84. The van der Waals surface area contributed by atoms with Gasteiger partial charge in [-0.25, -0.2) is 4.98 Å². The van der Waals surface area contributed by atoms with E-state index in [0.29, 0.717) is 12.2 Å². The Morgan fingerprint density at radius 2 is 2.31 bits per heavy atom. The number of hydrogen-bond donors (Lipinski definition) is 0. The summed E-state index contributed by atoms with van der Waals surface area (Å²) in [5, 5.41) is 8.84. The third-order valence-electron chi connectivity index (χ3n) is 2.63. The normalized spacial score (nSPS) is 10.6. The van der Waals surface area contributed by atoms with Crippen LogP contribution >= 0.6 is 0 Å². The van der Waals surface area contributed by atoms with Gasteiger partial charge < -0.3 is 9.30 Å². The Hall–Kier alpha value is -1.86. The SMILES string of the molecule is COCCc1nc2ccc(C#N)cc2n1C. The van der Waals surface area contributed by atoms with E-state index >= 15 is 0 Å². The number of hydrogen-bond acceptors (Lipinski definition) is 3. The van der Waals surface area contributed by atoms with Gasteiger partial charge in [-0.3, -0.25) is 0 Å². The van der Waals surface area contributed by atoms with Crippen LogP contribution in [0.25, 0.3) is 11.0 Å². The third kappa shape index (κ3) is 1.77. The van der Waals surface area contributed by atoms with Crippen molar-refractivity contribution in [3.8, 4) is 6.07 Å². The first-order valence-corrected chi connectivity index (χ1v) is 5.10. The molecule has 0 aliphatic heterocycles. The number of ether oxygens (including phenoxy) is 1. The number of fused-ring (bicyclic) bond motifs is 1. The second-order valence-electron chi connectivity index (χ2n) is 3.65. The van der Waals surface area contributed by atoms with Crippen LogP contribution in [-0.2, 0) is 18.2 Å². The third-order valence-corrected chi connectivity index (χ3v) is 2.63. The van der Waals surface area contributed by atoms with Gasteiger partial charge in [0.25, 0.3) is 0 Å². The van der Waals surface area contributed by atoms with Crippen LogP contribution in [0.3, 0.4) is 0 Å². The Morgan fingerprint density at radius 3 is 3.00 bits per heavy atom. The number of nitriles is 1. The molecule has 2 aromatic rings. The summed E-state index contributed by atoms with van der Waals surface area (Å²) in [6.45, 7) is 0.655. The van der Waals surface area contributed by atoms with Gasteiger partial charge in [-0.15, -0.1) is 0 Å². The van der Waals surface area contributed by atoms with E-state index in [1.165, 1.54) is 0 Å². The minimum absolute atomic E-state index is 0.655. The maximum absolute atomic E-state index is 8.84. The number of methoxy groups -OCH3 is 1. The minimum atomic E-state index is 0.655. The monoisotopic (exact) mass is 215 g/mol. The van der Waals surface area contributed by atoms with E-state index in [0.717, 1.165) is 23.3 Å². The molecule has 0 unspecified atom stereocenters. The van der Waals surface area contributed by atoms with Crippen molar-refractivity contribution >= 4 is 11.0 Å². The molecule has 1 aromatic heterocycles. The summed E-state index contributed by atoms with van der Waals surface area (Å²) < 4.78 is 7.05. The molecule has 0 atom stereocenters. The molecule has 0 saturated heterocycles. The Labute approximate surface area is 94.1 Å². The Kier molecular flexibility index (Phi) is 2.88. The average Bonchev–Trinajstić information content (AvgIpc) is 2.63. The van der Waals surface area contributed by atoms with Gasteiger partial charge in [0, 0.05) is 20.6 Å². The summed E-state index contributed by atoms with van der Waals surface area (Å²) in [6.07, 6.45) is 0.781. The lowest BCUT2D eigenvalue weighted by atomic mass is 10.2. The molecule has 16 heavy (non-hydrogen) atoms. The number of benzene rings is 1. The highest BCUT2D eigenvalue weighted by molar-refractivity contribution is 5.77. The van der Waals surface area contributed by atoms with E-state index in [9.17, 15) is 0 Å². The zero-order valence-corrected chi connectivity index (χ0v) is 9.40. The first kappa shape index (κ1) is 10.7. The Balaban J connectivity index is 2.47. The van der Waals surface area contributed by atoms with E-state index in [1.54, 1.807) is 13.2 Å². The van der Waals surface area contributed by atoms with Crippen molar-refractivity contribution in [1.82, 2.24) is 9.55 Å². The quantitative estimate of drug-likeness (QED) is 0.782. The van der Waals surface area contributed by atoms with Crippen molar-refractivity contribution in [3.05, 3.63) is 29.6 Å².